The first-order chi connectivity index (χ1) is 10.2. The molecule has 0 atom stereocenters. The number of aromatic nitrogens is 1. The Morgan fingerprint density at radius 2 is 1.86 bits per heavy atom. The number of hydrogen-bond donors (Lipinski definition) is 0. The summed E-state index contributed by atoms with van der Waals surface area (Å²) in [6, 6.07) is 17.7. The molecule has 0 radical (unpaired) electrons. The lowest BCUT2D eigenvalue weighted by Gasteiger charge is -2.10. The summed E-state index contributed by atoms with van der Waals surface area (Å²) in [4.78, 5) is 11.8. The summed E-state index contributed by atoms with van der Waals surface area (Å²) in [7, 11) is 0. The van der Waals surface area contributed by atoms with Crippen molar-refractivity contribution in [3.8, 4) is 5.75 Å². The van der Waals surface area contributed by atoms with Gasteiger partial charge < -0.3 is 9.30 Å². The molecule has 0 N–H and O–H groups in total. The van der Waals surface area contributed by atoms with Gasteiger partial charge in [0.15, 0.2) is 0 Å². The highest BCUT2D eigenvalue weighted by molar-refractivity contribution is 5.88. The second-order valence-electron chi connectivity index (χ2n) is 5.06. The van der Waals surface area contributed by atoms with Gasteiger partial charge in [0.1, 0.15) is 12.4 Å². The van der Waals surface area contributed by atoms with Gasteiger partial charge in [-0.05, 0) is 30.0 Å². The van der Waals surface area contributed by atoms with E-state index in [0.29, 0.717) is 13.2 Å². The van der Waals surface area contributed by atoms with Crippen molar-refractivity contribution in [1.29, 1.82) is 0 Å². The van der Waals surface area contributed by atoms with Gasteiger partial charge in [0.25, 0.3) is 5.56 Å². The van der Waals surface area contributed by atoms with E-state index in [1.165, 1.54) is 0 Å². The van der Waals surface area contributed by atoms with Crippen molar-refractivity contribution < 1.29 is 4.74 Å². The van der Waals surface area contributed by atoms with Gasteiger partial charge >= 0.3 is 0 Å². The van der Waals surface area contributed by atoms with E-state index in [9.17, 15) is 4.79 Å². The summed E-state index contributed by atoms with van der Waals surface area (Å²) in [5.74, 6) is 0.855. The second-order valence-corrected chi connectivity index (χ2v) is 5.06. The lowest BCUT2D eigenvalue weighted by atomic mass is 10.1. The average Bonchev–Trinajstić information content (AvgIpc) is 2.50. The Morgan fingerprint density at radius 3 is 2.71 bits per heavy atom. The van der Waals surface area contributed by atoms with E-state index in [1.807, 2.05) is 49.5 Å². The molecule has 0 unspecified atom stereocenters. The monoisotopic (exact) mass is 279 g/mol. The van der Waals surface area contributed by atoms with Gasteiger partial charge in [-0.2, -0.15) is 0 Å². The Kier molecular flexibility index (Phi) is 3.73. The Morgan fingerprint density at radius 1 is 1.05 bits per heavy atom. The van der Waals surface area contributed by atoms with E-state index < -0.39 is 0 Å². The molecule has 106 valence electrons. The molecule has 3 aromatic rings. The Balaban J connectivity index is 1.74. The van der Waals surface area contributed by atoms with E-state index in [2.05, 4.69) is 12.1 Å². The molecule has 1 aromatic heterocycles. The Bertz CT molecular complexity index is 815. The minimum absolute atomic E-state index is 0.0107. The fraction of sp³-hybridized carbons (Fsp3) is 0.167. The van der Waals surface area contributed by atoms with Crippen LogP contribution in [0.25, 0.3) is 10.8 Å². The number of fused-ring (bicyclic) bond motifs is 1. The highest BCUT2D eigenvalue weighted by Gasteiger charge is 2.02. The van der Waals surface area contributed by atoms with Gasteiger partial charge in [-0.1, -0.05) is 36.4 Å². The first-order valence-electron chi connectivity index (χ1n) is 7.02. The number of rotatable bonds is 4. The minimum Gasteiger partial charge on any atom is -0.491 e. The molecule has 0 amide bonds. The van der Waals surface area contributed by atoms with Gasteiger partial charge in [0, 0.05) is 17.6 Å². The first kappa shape index (κ1) is 13.4. The average molecular weight is 279 g/mol. The summed E-state index contributed by atoms with van der Waals surface area (Å²) in [5.41, 5.74) is 0.989. The van der Waals surface area contributed by atoms with Crippen LogP contribution in [0.15, 0.2) is 65.6 Å². The number of hydrogen-bond acceptors (Lipinski definition) is 2. The van der Waals surface area contributed by atoms with Crippen LogP contribution in [-0.2, 0) is 6.54 Å². The van der Waals surface area contributed by atoms with Crippen LogP contribution in [0.2, 0.25) is 0 Å². The third kappa shape index (κ3) is 2.97. The van der Waals surface area contributed by atoms with Gasteiger partial charge in [-0.25, -0.2) is 0 Å². The van der Waals surface area contributed by atoms with Crippen molar-refractivity contribution in [1.82, 2.24) is 4.57 Å². The smallest absolute Gasteiger partial charge is 0.250 e. The molecule has 0 saturated carbocycles. The van der Waals surface area contributed by atoms with Crippen LogP contribution < -0.4 is 10.3 Å². The molecule has 0 fully saturated rings. The molecule has 0 bridgehead atoms. The molecule has 0 saturated heterocycles. The van der Waals surface area contributed by atoms with Crippen LogP contribution in [0.1, 0.15) is 5.56 Å². The second kappa shape index (κ2) is 5.83. The zero-order chi connectivity index (χ0) is 14.7. The lowest BCUT2D eigenvalue weighted by Crippen LogP contribution is -2.22. The topological polar surface area (TPSA) is 31.2 Å². The van der Waals surface area contributed by atoms with Crippen molar-refractivity contribution in [2.45, 2.75) is 13.5 Å². The summed E-state index contributed by atoms with van der Waals surface area (Å²) in [5, 5.41) is 2.25. The highest BCUT2D eigenvalue weighted by Crippen LogP contribution is 2.24. The quantitative estimate of drug-likeness (QED) is 0.733. The number of ether oxygens (including phenoxy) is 1. The zero-order valence-electron chi connectivity index (χ0n) is 12.0. The van der Waals surface area contributed by atoms with Crippen LogP contribution >= 0.6 is 0 Å². The van der Waals surface area contributed by atoms with Crippen LogP contribution in [0.3, 0.4) is 0 Å². The molecular weight excluding hydrogens is 262 g/mol. The van der Waals surface area contributed by atoms with Crippen molar-refractivity contribution in [3.63, 3.8) is 0 Å². The highest BCUT2D eigenvalue weighted by atomic mass is 16.5. The van der Waals surface area contributed by atoms with Crippen molar-refractivity contribution in [2.75, 3.05) is 6.61 Å². The third-order valence-electron chi connectivity index (χ3n) is 3.49. The van der Waals surface area contributed by atoms with Crippen molar-refractivity contribution >= 4 is 10.8 Å². The molecule has 0 aliphatic rings. The maximum absolute atomic E-state index is 11.8. The van der Waals surface area contributed by atoms with Crippen LogP contribution in [0.4, 0.5) is 0 Å². The summed E-state index contributed by atoms with van der Waals surface area (Å²) < 4.78 is 7.51. The van der Waals surface area contributed by atoms with Gasteiger partial charge in [-0.3, -0.25) is 4.79 Å². The van der Waals surface area contributed by atoms with Crippen LogP contribution in [-0.4, -0.2) is 11.2 Å². The third-order valence-corrected chi connectivity index (χ3v) is 3.49. The predicted molar refractivity (Wildman–Crippen MR) is 84.9 cm³/mol. The molecule has 0 aliphatic carbocycles. The molecule has 21 heavy (non-hydrogen) atoms. The molecule has 3 nitrogen and oxygen atoms in total. The normalized spacial score (nSPS) is 10.7. The molecule has 0 spiro atoms. The largest absolute Gasteiger partial charge is 0.491 e. The standard InChI is InChI=1S/C18H17NO2/c1-14-9-10-19(18(20)13-14)11-12-21-17-8-4-6-15-5-2-3-7-16(15)17/h2-10,13H,11-12H2,1H3. The van der Waals surface area contributed by atoms with Crippen molar-refractivity contribution in [3.05, 3.63) is 76.7 Å². The predicted octanol–water partition coefficient (Wildman–Crippen LogP) is 3.39. The summed E-state index contributed by atoms with van der Waals surface area (Å²) in [6.07, 6.45) is 1.81. The zero-order valence-corrected chi connectivity index (χ0v) is 12.0. The molecule has 3 heteroatoms. The van der Waals surface area contributed by atoms with Gasteiger partial charge in [0.05, 0.1) is 6.54 Å². The molecular formula is C18H17NO2. The maximum atomic E-state index is 11.8. The number of aryl methyl sites for hydroxylation is 1. The molecule has 2 aromatic carbocycles. The first-order valence-corrected chi connectivity index (χ1v) is 7.02. The molecule has 3 rings (SSSR count). The SMILES string of the molecule is Cc1ccn(CCOc2cccc3ccccc23)c(=O)c1. The molecule has 1 heterocycles. The minimum atomic E-state index is 0.0107. The fourth-order valence-corrected chi connectivity index (χ4v) is 2.37. The van der Waals surface area contributed by atoms with Crippen molar-refractivity contribution in [2.24, 2.45) is 0 Å². The Labute approximate surface area is 123 Å². The van der Waals surface area contributed by atoms with E-state index in [1.54, 1.807) is 10.6 Å². The van der Waals surface area contributed by atoms with E-state index in [4.69, 9.17) is 4.74 Å². The fourth-order valence-electron chi connectivity index (χ4n) is 2.37. The van der Waals surface area contributed by atoms with Crippen LogP contribution in [0, 0.1) is 6.92 Å². The van der Waals surface area contributed by atoms with Gasteiger partial charge in [0.2, 0.25) is 0 Å². The van der Waals surface area contributed by atoms with Crippen LogP contribution in [0.5, 0.6) is 5.75 Å². The van der Waals surface area contributed by atoms with E-state index in [0.717, 1.165) is 22.1 Å². The number of pyridine rings is 1. The maximum Gasteiger partial charge on any atom is 0.250 e. The number of nitrogens with zero attached hydrogens (tertiary/aromatic N) is 1. The molecule has 0 aliphatic heterocycles. The summed E-state index contributed by atoms with van der Waals surface area (Å²) in [6.45, 7) is 2.93. The van der Waals surface area contributed by atoms with E-state index >= 15 is 0 Å². The lowest BCUT2D eigenvalue weighted by molar-refractivity contribution is 0.299. The van der Waals surface area contributed by atoms with E-state index in [-0.39, 0.29) is 5.56 Å². The van der Waals surface area contributed by atoms with Gasteiger partial charge in [-0.15, -0.1) is 0 Å². The Hall–Kier alpha value is -2.55. The number of benzene rings is 2. The summed E-state index contributed by atoms with van der Waals surface area (Å²) >= 11 is 0.